The number of thioether (sulfide) groups is 1. The van der Waals surface area contributed by atoms with Crippen LogP contribution in [-0.4, -0.2) is 99.6 Å². The number of carbonyl (C=O) groups excluding carboxylic acids is 3. The zero-order chi connectivity index (χ0) is 29.8. The molecule has 3 heterocycles. The number of alkyl halides is 3. The highest BCUT2D eigenvalue weighted by Gasteiger charge is 2.51. The Kier molecular flexibility index (Phi) is 9.57. The normalized spacial score (nSPS) is 18.3. The summed E-state index contributed by atoms with van der Waals surface area (Å²) in [6, 6.07) is 7.80. The van der Waals surface area contributed by atoms with Crippen LogP contribution in [0, 0.1) is 0 Å². The second-order valence-electron chi connectivity index (χ2n) is 10.4. The van der Waals surface area contributed by atoms with Crippen LogP contribution in [0.5, 0.6) is 0 Å². The van der Waals surface area contributed by atoms with Crippen molar-refractivity contribution in [3.63, 3.8) is 0 Å². The summed E-state index contributed by atoms with van der Waals surface area (Å²) >= 11 is -0.273. The van der Waals surface area contributed by atoms with E-state index in [1.165, 1.54) is 35.4 Å². The van der Waals surface area contributed by atoms with Crippen molar-refractivity contribution >= 4 is 41.1 Å². The molecule has 0 saturated carbocycles. The maximum atomic E-state index is 13.3. The van der Waals surface area contributed by atoms with E-state index in [0.29, 0.717) is 24.5 Å². The topological polar surface area (TPSA) is 109 Å². The maximum absolute atomic E-state index is 13.3. The number of aliphatic hydroxyl groups is 1. The second-order valence-corrected chi connectivity index (χ2v) is 11.5. The maximum Gasteiger partial charge on any atom is 0.446 e. The number of piperazine rings is 1. The predicted molar refractivity (Wildman–Crippen MR) is 148 cm³/mol. The number of hydrogen-bond donors (Lipinski definition) is 2. The zero-order valence-electron chi connectivity index (χ0n) is 22.9. The van der Waals surface area contributed by atoms with E-state index in [2.05, 4.69) is 20.1 Å². The quantitative estimate of drug-likeness (QED) is 0.319. The number of carbonyl (C=O) groups is 3. The van der Waals surface area contributed by atoms with Gasteiger partial charge in [-0.2, -0.15) is 13.2 Å². The van der Waals surface area contributed by atoms with Crippen molar-refractivity contribution in [2.75, 3.05) is 56.1 Å². The number of β-amino-alcohol motifs (C(OH)–C–C–N with tert-alkyl or cyclic N) is 1. The van der Waals surface area contributed by atoms with E-state index in [9.17, 15) is 27.6 Å². The van der Waals surface area contributed by atoms with Gasteiger partial charge in [0.05, 0.1) is 12.3 Å². The SMILES string of the molecule is CC1(C)C(=O)N(c2ccc(SC(F)(F)F)cc2)C(=O)N1Cc1ccnc(NC(=O)CCN2CCN(CCO)CC2)c1. The van der Waals surface area contributed by atoms with Crippen LogP contribution in [-0.2, 0) is 16.1 Å². The van der Waals surface area contributed by atoms with Gasteiger partial charge in [0.1, 0.15) is 11.4 Å². The summed E-state index contributed by atoms with van der Waals surface area (Å²) in [5, 5.41) is 11.9. The van der Waals surface area contributed by atoms with Crippen molar-refractivity contribution in [2.45, 2.75) is 42.8 Å². The molecule has 0 spiro atoms. The smallest absolute Gasteiger partial charge is 0.395 e. The van der Waals surface area contributed by atoms with Crippen LogP contribution in [0.15, 0.2) is 47.5 Å². The molecule has 2 N–H and O–H groups in total. The summed E-state index contributed by atoms with van der Waals surface area (Å²) in [4.78, 5) is 50.0. The van der Waals surface area contributed by atoms with Gasteiger partial charge >= 0.3 is 11.5 Å². The monoisotopic (exact) mass is 594 g/mol. The van der Waals surface area contributed by atoms with Gasteiger partial charge in [0.25, 0.3) is 5.91 Å². The van der Waals surface area contributed by atoms with Gasteiger partial charge in [-0.15, -0.1) is 0 Å². The van der Waals surface area contributed by atoms with Crippen molar-refractivity contribution in [1.82, 2.24) is 19.7 Å². The molecule has 0 radical (unpaired) electrons. The van der Waals surface area contributed by atoms with E-state index >= 15 is 0 Å². The molecular weight excluding hydrogens is 561 g/mol. The Morgan fingerprint density at radius 3 is 2.29 bits per heavy atom. The lowest BCUT2D eigenvalue weighted by Crippen LogP contribution is -2.47. The fourth-order valence-corrected chi connectivity index (χ4v) is 5.33. The molecule has 41 heavy (non-hydrogen) atoms. The number of benzene rings is 1. The molecule has 0 aliphatic carbocycles. The first-order valence-corrected chi connectivity index (χ1v) is 14.0. The van der Waals surface area contributed by atoms with Crippen LogP contribution in [0.4, 0.5) is 29.5 Å². The number of anilines is 2. The van der Waals surface area contributed by atoms with E-state index in [1.807, 2.05) is 0 Å². The first-order valence-electron chi connectivity index (χ1n) is 13.2. The van der Waals surface area contributed by atoms with E-state index < -0.39 is 23.0 Å². The first-order chi connectivity index (χ1) is 19.4. The molecule has 2 aromatic rings. The summed E-state index contributed by atoms with van der Waals surface area (Å²) in [6.07, 6.45) is 1.79. The van der Waals surface area contributed by atoms with E-state index in [1.54, 1.807) is 26.0 Å². The second kappa shape index (κ2) is 12.8. The average molecular weight is 595 g/mol. The third-order valence-corrected chi connectivity index (χ3v) is 7.86. The van der Waals surface area contributed by atoms with Crippen LogP contribution < -0.4 is 10.2 Å². The van der Waals surface area contributed by atoms with Crippen LogP contribution in [0.3, 0.4) is 0 Å². The number of urea groups is 1. The minimum atomic E-state index is -4.45. The van der Waals surface area contributed by atoms with Gasteiger partial charge in [0.2, 0.25) is 5.91 Å². The van der Waals surface area contributed by atoms with Gasteiger partial charge in [-0.25, -0.2) is 14.7 Å². The summed E-state index contributed by atoms with van der Waals surface area (Å²) in [6.45, 7) is 8.00. The number of nitrogens with zero attached hydrogens (tertiary/aromatic N) is 5. The summed E-state index contributed by atoms with van der Waals surface area (Å²) in [5.74, 6) is -0.373. The number of hydrogen-bond acceptors (Lipinski definition) is 8. The van der Waals surface area contributed by atoms with Crippen molar-refractivity contribution in [1.29, 1.82) is 0 Å². The van der Waals surface area contributed by atoms with Crippen molar-refractivity contribution < 1.29 is 32.7 Å². The van der Waals surface area contributed by atoms with E-state index in [4.69, 9.17) is 5.11 Å². The highest BCUT2D eigenvalue weighted by Crippen LogP contribution is 2.39. The number of aliphatic hydroxyl groups excluding tert-OH is 1. The largest absolute Gasteiger partial charge is 0.446 e. The average Bonchev–Trinajstić information content (AvgIpc) is 3.07. The molecule has 2 saturated heterocycles. The summed E-state index contributed by atoms with van der Waals surface area (Å²) in [5.41, 5.74) is -4.84. The molecule has 2 fully saturated rings. The molecule has 222 valence electrons. The Morgan fingerprint density at radius 1 is 1.05 bits per heavy atom. The third-order valence-electron chi connectivity index (χ3n) is 7.12. The number of pyridine rings is 1. The lowest BCUT2D eigenvalue weighted by molar-refractivity contribution is -0.123. The number of amides is 4. The Labute approximate surface area is 240 Å². The Balaban J connectivity index is 1.36. The van der Waals surface area contributed by atoms with E-state index in [-0.39, 0.29) is 47.8 Å². The fraction of sp³-hybridized carbons (Fsp3) is 0.481. The predicted octanol–water partition coefficient (Wildman–Crippen LogP) is 3.38. The molecule has 10 nitrogen and oxygen atoms in total. The highest BCUT2D eigenvalue weighted by atomic mass is 32.2. The molecule has 1 aromatic carbocycles. The van der Waals surface area contributed by atoms with Crippen LogP contribution in [0.1, 0.15) is 25.8 Å². The molecule has 2 aliphatic heterocycles. The van der Waals surface area contributed by atoms with Gasteiger partial charge in [0.15, 0.2) is 0 Å². The van der Waals surface area contributed by atoms with Gasteiger partial charge < -0.3 is 20.2 Å². The van der Waals surface area contributed by atoms with Crippen molar-refractivity contribution in [2.24, 2.45) is 0 Å². The van der Waals surface area contributed by atoms with Crippen LogP contribution in [0.25, 0.3) is 0 Å². The number of rotatable bonds is 10. The Morgan fingerprint density at radius 2 is 1.68 bits per heavy atom. The molecular formula is C27H33F3N6O4S. The number of nitrogens with one attached hydrogen (secondary N) is 1. The van der Waals surface area contributed by atoms with Crippen LogP contribution >= 0.6 is 11.8 Å². The van der Waals surface area contributed by atoms with E-state index in [0.717, 1.165) is 31.1 Å². The molecule has 14 heteroatoms. The lowest BCUT2D eigenvalue weighted by atomic mass is 10.0. The summed E-state index contributed by atoms with van der Waals surface area (Å²) in [7, 11) is 0. The van der Waals surface area contributed by atoms with Crippen LogP contribution in [0.2, 0.25) is 0 Å². The van der Waals surface area contributed by atoms with Gasteiger partial charge in [0, 0.05) is 63.3 Å². The number of imide groups is 1. The summed E-state index contributed by atoms with van der Waals surface area (Å²) < 4.78 is 38.0. The molecule has 4 rings (SSSR count). The lowest BCUT2D eigenvalue weighted by Gasteiger charge is -2.34. The van der Waals surface area contributed by atoms with Gasteiger partial charge in [-0.05, 0) is 67.6 Å². The van der Waals surface area contributed by atoms with Crippen molar-refractivity contribution in [3.8, 4) is 0 Å². The zero-order valence-corrected chi connectivity index (χ0v) is 23.7. The van der Waals surface area contributed by atoms with Crippen molar-refractivity contribution in [3.05, 3.63) is 48.2 Å². The fourth-order valence-electron chi connectivity index (χ4n) is 4.79. The number of aromatic nitrogens is 1. The standard InChI is InChI=1S/C27H33F3N6O4S/c1-26(2)24(39)36(20-3-5-21(6-4-20)41-27(28,29)30)25(40)35(26)18-19-7-9-31-22(17-19)32-23(38)8-10-33-11-13-34(14-12-33)15-16-37/h3-7,9,17,37H,8,10-16,18H2,1-2H3,(H,31,32,38). The highest BCUT2D eigenvalue weighted by molar-refractivity contribution is 8.00. The molecule has 0 bridgehead atoms. The Bertz CT molecular complexity index is 1250. The molecule has 0 unspecified atom stereocenters. The number of halogens is 3. The Hall–Kier alpha value is -3.20. The molecule has 1 aromatic heterocycles. The molecule has 4 amide bonds. The van der Waals surface area contributed by atoms with Gasteiger partial charge in [-0.3, -0.25) is 14.5 Å². The molecule has 0 atom stereocenters. The third kappa shape index (κ3) is 7.76. The minimum Gasteiger partial charge on any atom is -0.395 e. The molecule has 2 aliphatic rings. The minimum absolute atomic E-state index is 0.0524. The first kappa shape index (κ1) is 30.8. The van der Waals surface area contributed by atoms with Gasteiger partial charge in [-0.1, -0.05) is 0 Å².